The van der Waals surface area contributed by atoms with Gasteiger partial charge in [0.25, 0.3) is 0 Å². The van der Waals surface area contributed by atoms with Crippen molar-refractivity contribution in [2.45, 2.75) is 75.4 Å². The lowest BCUT2D eigenvalue weighted by Crippen LogP contribution is -2.44. The van der Waals surface area contributed by atoms with Gasteiger partial charge in [0.2, 0.25) is 5.91 Å². The standard InChI is InChI=1S/C22H32N4O2S/c1-16(2)19(20(27)25(3)18-12-8-5-9-13-18)29-22-24-23-21(28)26(22)15-14-17-10-6-4-7-11-17/h4,6-7,10-11,16,18-19H,5,8-9,12-15H2,1-3H3,(H,23,28)/t19-/m0/s1. The first-order chi connectivity index (χ1) is 14.0. The molecule has 0 aliphatic heterocycles. The molecule has 0 radical (unpaired) electrons. The fraction of sp³-hybridized carbons (Fsp3) is 0.591. The van der Waals surface area contributed by atoms with E-state index in [1.165, 1.54) is 36.6 Å². The molecule has 3 rings (SSSR count). The molecule has 1 atom stereocenters. The number of nitrogens with one attached hydrogen (secondary N) is 1. The number of hydrogen-bond acceptors (Lipinski definition) is 4. The van der Waals surface area contributed by atoms with Crippen molar-refractivity contribution in [3.8, 4) is 0 Å². The Balaban J connectivity index is 1.72. The molecular weight excluding hydrogens is 384 g/mol. The fourth-order valence-corrected chi connectivity index (χ4v) is 5.08. The van der Waals surface area contributed by atoms with Gasteiger partial charge in [0.1, 0.15) is 0 Å². The molecule has 1 N–H and O–H groups in total. The number of rotatable bonds is 8. The average Bonchev–Trinajstić information content (AvgIpc) is 3.09. The van der Waals surface area contributed by atoms with Crippen molar-refractivity contribution < 1.29 is 4.79 Å². The molecule has 1 heterocycles. The van der Waals surface area contributed by atoms with Crippen LogP contribution in [0.2, 0.25) is 0 Å². The molecule has 29 heavy (non-hydrogen) atoms. The highest BCUT2D eigenvalue weighted by molar-refractivity contribution is 8.00. The molecule has 158 valence electrons. The molecule has 6 nitrogen and oxygen atoms in total. The van der Waals surface area contributed by atoms with Gasteiger partial charge in [-0.15, -0.1) is 5.10 Å². The Hall–Kier alpha value is -2.02. The van der Waals surface area contributed by atoms with Crippen LogP contribution in [0.25, 0.3) is 0 Å². The van der Waals surface area contributed by atoms with E-state index in [2.05, 4.69) is 36.2 Å². The normalized spacial score (nSPS) is 16.1. The molecule has 7 heteroatoms. The van der Waals surface area contributed by atoms with Crippen molar-refractivity contribution in [2.75, 3.05) is 7.05 Å². The van der Waals surface area contributed by atoms with Crippen molar-refractivity contribution in [3.05, 3.63) is 46.4 Å². The number of aromatic amines is 1. The number of thioether (sulfide) groups is 1. The van der Waals surface area contributed by atoms with Gasteiger partial charge in [0, 0.05) is 19.6 Å². The highest BCUT2D eigenvalue weighted by Gasteiger charge is 2.32. The Morgan fingerprint density at radius 1 is 1.24 bits per heavy atom. The number of aryl methyl sites for hydroxylation is 1. The third kappa shape index (κ3) is 5.53. The van der Waals surface area contributed by atoms with E-state index in [0.717, 1.165) is 19.3 Å². The number of hydrogen-bond donors (Lipinski definition) is 1. The summed E-state index contributed by atoms with van der Waals surface area (Å²) >= 11 is 1.41. The van der Waals surface area contributed by atoms with E-state index in [9.17, 15) is 9.59 Å². The minimum atomic E-state index is -0.257. The second kappa shape index (κ2) is 10.1. The van der Waals surface area contributed by atoms with Gasteiger partial charge in [-0.3, -0.25) is 9.36 Å². The van der Waals surface area contributed by atoms with Crippen molar-refractivity contribution in [1.29, 1.82) is 0 Å². The van der Waals surface area contributed by atoms with E-state index >= 15 is 0 Å². The Morgan fingerprint density at radius 3 is 2.59 bits per heavy atom. The zero-order valence-corrected chi connectivity index (χ0v) is 18.5. The van der Waals surface area contributed by atoms with Crippen molar-refractivity contribution in [1.82, 2.24) is 19.7 Å². The van der Waals surface area contributed by atoms with Gasteiger partial charge < -0.3 is 4.90 Å². The molecule has 1 aliphatic carbocycles. The second-order valence-corrected chi connectivity index (χ2v) is 9.33. The molecule has 0 saturated heterocycles. The van der Waals surface area contributed by atoms with E-state index in [0.29, 0.717) is 17.7 Å². The highest BCUT2D eigenvalue weighted by Crippen LogP contribution is 2.30. The van der Waals surface area contributed by atoms with Crippen molar-refractivity contribution in [2.24, 2.45) is 5.92 Å². The summed E-state index contributed by atoms with van der Waals surface area (Å²) in [6.45, 7) is 4.66. The summed E-state index contributed by atoms with van der Waals surface area (Å²) in [6.07, 6.45) is 6.57. The maximum absolute atomic E-state index is 13.3. The molecule has 1 aromatic carbocycles. The predicted molar refractivity (Wildman–Crippen MR) is 117 cm³/mol. The Bertz CT molecular complexity index is 840. The lowest BCUT2D eigenvalue weighted by Gasteiger charge is -2.34. The number of nitrogens with zero attached hydrogens (tertiary/aromatic N) is 3. The van der Waals surface area contributed by atoms with Crippen molar-refractivity contribution >= 4 is 17.7 Å². The third-order valence-electron chi connectivity index (χ3n) is 5.74. The minimum absolute atomic E-state index is 0.141. The molecule has 0 spiro atoms. The van der Waals surface area contributed by atoms with Gasteiger partial charge in [-0.2, -0.15) is 0 Å². The second-order valence-electron chi connectivity index (χ2n) is 8.22. The van der Waals surface area contributed by atoms with Gasteiger partial charge in [-0.05, 0) is 30.7 Å². The fourth-order valence-electron chi connectivity index (χ4n) is 3.91. The van der Waals surface area contributed by atoms with Crippen LogP contribution in [0.15, 0.2) is 40.3 Å². The van der Waals surface area contributed by atoms with E-state index in [1.807, 2.05) is 30.1 Å². The monoisotopic (exact) mass is 416 g/mol. The van der Waals surface area contributed by atoms with Gasteiger partial charge in [0.05, 0.1) is 5.25 Å². The first-order valence-electron chi connectivity index (χ1n) is 10.6. The van der Waals surface area contributed by atoms with Gasteiger partial charge >= 0.3 is 5.69 Å². The van der Waals surface area contributed by atoms with E-state index in [4.69, 9.17) is 0 Å². The average molecular weight is 417 g/mol. The van der Waals surface area contributed by atoms with E-state index in [1.54, 1.807) is 4.57 Å². The van der Waals surface area contributed by atoms with Gasteiger partial charge in [0.15, 0.2) is 5.16 Å². The number of H-pyrrole nitrogens is 1. The van der Waals surface area contributed by atoms with Crippen LogP contribution in [0.1, 0.15) is 51.5 Å². The summed E-state index contributed by atoms with van der Waals surface area (Å²) < 4.78 is 1.65. The topological polar surface area (TPSA) is 71.0 Å². The lowest BCUT2D eigenvalue weighted by atomic mass is 9.94. The number of carbonyl (C=O) groups is 1. The molecule has 0 bridgehead atoms. The first-order valence-corrected chi connectivity index (χ1v) is 11.5. The van der Waals surface area contributed by atoms with Crippen molar-refractivity contribution in [3.63, 3.8) is 0 Å². The predicted octanol–water partition coefficient (Wildman–Crippen LogP) is 3.72. The highest BCUT2D eigenvalue weighted by atomic mass is 32.2. The molecule has 1 aliphatic rings. The summed E-state index contributed by atoms with van der Waals surface area (Å²) in [5, 5.41) is 7.12. The van der Waals surface area contributed by atoms with Crippen LogP contribution < -0.4 is 5.69 Å². The molecule has 2 aromatic rings. The largest absolute Gasteiger partial charge is 0.343 e. The molecule has 1 aromatic heterocycles. The summed E-state index contributed by atoms with van der Waals surface area (Å²) in [5.74, 6) is 0.287. The number of carbonyl (C=O) groups excluding carboxylic acids is 1. The number of benzene rings is 1. The van der Waals surface area contributed by atoms with Crippen LogP contribution in [0.4, 0.5) is 0 Å². The number of aromatic nitrogens is 3. The van der Waals surface area contributed by atoms with E-state index < -0.39 is 0 Å². The third-order valence-corrected chi connectivity index (χ3v) is 7.26. The van der Waals surface area contributed by atoms with Crippen LogP contribution in [0, 0.1) is 5.92 Å². The smallest absolute Gasteiger partial charge is 0.342 e. The molecule has 1 fully saturated rings. The summed E-state index contributed by atoms with van der Waals surface area (Å²) in [4.78, 5) is 27.5. The zero-order chi connectivity index (χ0) is 20.8. The molecular formula is C22H32N4O2S. The van der Waals surface area contributed by atoms with Crippen LogP contribution >= 0.6 is 11.8 Å². The lowest BCUT2D eigenvalue weighted by molar-refractivity contribution is -0.132. The minimum Gasteiger partial charge on any atom is -0.342 e. The van der Waals surface area contributed by atoms with Gasteiger partial charge in [-0.1, -0.05) is 75.2 Å². The van der Waals surface area contributed by atoms with E-state index in [-0.39, 0.29) is 22.8 Å². The maximum Gasteiger partial charge on any atom is 0.343 e. The molecule has 1 saturated carbocycles. The Labute approximate surface area is 177 Å². The molecule has 0 unspecified atom stereocenters. The number of amides is 1. The zero-order valence-electron chi connectivity index (χ0n) is 17.6. The quantitative estimate of drug-likeness (QED) is 0.666. The van der Waals surface area contributed by atoms with Crippen LogP contribution in [-0.4, -0.2) is 43.9 Å². The Morgan fingerprint density at radius 2 is 1.93 bits per heavy atom. The van der Waals surface area contributed by atoms with Crippen LogP contribution in [0.5, 0.6) is 0 Å². The molecule has 1 amide bonds. The first kappa shape index (κ1) is 21.7. The summed E-state index contributed by atoms with van der Waals surface area (Å²) in [7, 11) is 1.93. The van der Waals surface area contributed by atoms with Gasteiger partial charge in [-0.25, -0.2) is 9.89 Å². The SMILES string of the molecule is CC(C)[C@H](Sc1n[nH]c(=O)n1CCc1ccccc1)C(=O)N(C)C1CCCCC1. The maximum atomic E-state index is 13.3. The Kier molecular flexibility index (Phi) is 7.58. The summed E-state index contributed by atoms with van der Waals surface area (Å²) in [5.41, 5.74) is 0.948. The van der Waals surface area contributed by atoms with Crippen LogP contribution in [0.3, 0.4) is 0 Å². The summed E-state index contributed by atoms with van der Waals surface area (Å²) in [6, 6.07) is 10.4. The van der Waals surface area contributed by atoms with Crippen LogP contribution in [-0.2, 0) is 17.8 Å².